The zero-order valence-electron chi connectivity index (χ0n) is 10.8. The van der Waals surface area contributed by atoms with E-state index in [2.05, 4.69) is 20.6 Å². The molecule has 0 saturated carbocycles. The highest BCUT2D eigenvalue weighted by Crippen LogP contribution is 2.09. The van der Waals surface area contributed by atoms with Crippen LogP contribution in [0.25, 0.3) is 0 Å². The molecule has 0 aliphatic rings. The Bertz CT molecular complexity index is 644. The fourth-order valence-corrected chi connectivity index (χ4v) is 1.59. The average molecular weight is 261 g/mol. The number of rotatable bonds is 4. The maximum Gasteiger partial charge on any atom is 0.277 e. The molecule has 19 heavy (non-hydrogen) atoms. The Hall–Kier alpha value is -2.44. The van der Waals surface area contributed by atoms with E-state index in [1.54, 1.807) is 6.20 Å². The minimum absolute atomic E-state index is 0.196. The maximum absolute atomic E-state index is 12.0. The molecule has 2 heterocycles. The van der Waals surface area contributed by atoms with Crippen molar-refractivity contribution in [3.63, 3.8) is 0 Å². The van der Waals surface area contributed by atoms with Gasteiger partial charge in [-0.05, 0) is 19.4 Å². The predicted molar refractivity (Wildman–Crippen MR) is 70.1 cm³/mol. The van der Waals surface area contributed by atoms with E-state index in [0.29, 0.717) is 12.4 Å². The molecule has 0 atom stereocenters. The molecule has 2 rings (SSSR count). The van der Waals surface area contributed by atoms with Crippen molar-refractivity contribution in [3.8, 4) is 0 Å². The van der Waals surface area contributed by atoms with E-state index in [9.17, 15) is 9.59 Å². The molecule has 0 aliphatic carbocycles. The number of H-pyrrole nitrogens is 1. The number of carbonyl (C=O) groups is 1. The monoisotopic (exact) mass is 261 g/mol. The van der Waals surface area contributed by atoms with Crippen molar-refractivity contribution in [1.82, 2.24) is 20.0 Å². The van der Waals surface area contributed by atoms with Crippen LogP contribution in [0.15, 0.2) is 23.1 Å². The summed E-state index contributed by atoms with van der Waals surface area (Å²) in [6, 6.07) is 2.76. The number of anilines is 1. The lowest BCUT2D eigenvalue weighted by Crippen LogP contribution is -2.26. The van der Waals surface area contributed by atoms with Crippen LogP contribution in [-0.2, 0) is 6.54 Å². The zero-order valence-corrected chi connectivity index (χ0v) is 10.8. The van der Waals surface area contributed by atoms with E-state index in [1.165, 1.54) is 16.8 Å². The molecule has 100 valence electrons. The lowest BCUT2D eigenvalue weighted by Gasteiger charge is -2.06. The average Bonchev–Trinajstić information content (AvgIpc) is 2.78. The summed E-state index contributed by atoms with van der Waals surface area (Å²) in [5.41, 5.74) is 0.813. The van der Waals surface area contributed by atoms with E-state index in [1.807, 2.05) is 13.8 Å². The standard InChI is InChI=1S/C12H15N5O2/c1-3-6-17-10(18)5-4-9(16-17)12(19)14-11-8(2)7-13-15-11/h4-5,7H,3,6H2,1-2H3,(H2,13,14,15,19). The van der Waals surface area contributed by atoms with Crippen molar-refractivity contribution in [2.45, 2.75) is 26.8 Å². The summed E-state index contributed by atoms with van der Waals surface area (Å²) < 4.78 is 1.29. The van der Waals surface area contributed by atoms with Crippen molar-refractivity contribution in [2.75, 3.05) is 5.32 Å². The maximum atomic E-state index is 12.0. The van der Waals surface area contributed by atoms with Crippen molar-refractivity contribution in [2.24, 2.45) is 0 Å². The molecule has 1 amide bonds. The Morgan fingerprint density at radius 3 is 2.89 bits per heavy atom. The summed E-state index contributed by atoms with van der Waals surface area (Å²) in [7, 11) is 0. The van der Waals surface area contributed by atoms with Gasteiger partial charge in [0.15, 0.2) is 0 Å². The highest BCUT2D eigenvalue weighted by molar-refractivity contribution is 6.02. The number of carbonyl (C=O) groups excluding carboxylic acids is 1. The second-order valence-electron chi connectivity index (χ2n) is 4.16. The van der Waals surface area contributed by atoms with Crippen molar-refractivity contribution < 1.29 is 4.79 Å². The molecule has 7 heteroatoms. The Morgan fingerprint density at radius 2 is 2.26 bits per heavy atom. The number of aromatic amines is 1. The van der Waals surface area contributed by atoms with Crippen molar-refractivity contribution >= 4 is 11.7 Å². The third kappa shape index (κ3) is 2.87. The van der Waals surface area contributed by atoms with Crippen molar-refractivity contribution in [1.29, 1.82) is 0 Å². The smallest absolute Gasteiger partial charge is 0.277 e. The summed E-state index contributed by atoms with van der Waals surface area (Å²) in [5.74, 6) is 0.150. The Morgan fingerprint density at radius 1 is 1.47 bits per heavy atom. The van der Waals surface area contributed by atoms with Gasteiger partial charge in [0.2, 0.25) is 0 Å². The van der Waals surface area contributed by atoms with Crippen LogP contribution < -0.4 is 10.9 Å². The Kier molecular flexibility index (Phi) is 3.74. The molecule has 0 aliphatic heterocycles. The van der Waals surface area contributed by atoms with Crippen LogP contribution in [0, 0.1) is 6.92 Å². The third-order valence-corrected chi connectivity index (χ3v) is 2.60. The molecule has 0 aromatic carbocycles. The minimum atomic E-state index is -0.378. The van der Waals surface area contributed by atoms with Crippen LogP contribution in [0.4, 0.5) is 5.82 Å². The van der Waals surface area contributed by atoms with Crippen LogP contribution >= 0.6 is 0 Å². The molecule has 2 aromatic heterocycles. The van der Waals surface area contributed by atoms with Crippen LogP contribution in [0.1, 0.15) is 29.4 Å². The number of aromatic nitrogens is 4. The SMILES string of the molecule is CCCn1nc(C(=O)Nc2[nH]ncc2C)ccc1=O. The molecule has 0 unspecified atom stereocenters. The molecule has 0 bridgehead atoms. The van der Waals surface area contributed by atoms with Crippen LogP contribution in [-0.4, -0.2) is 25.9 Å². The third-order valence-electron chi connectivity index (χ3n) is 2.60. The summed E-state index contributed by atoms with van der Waals surface area (Å²) in [4.78, 5) is 23.5. The summed E-state index contributed by atoms with van der Waals surface area (Å²) in [6.45, 7) is 4.25. The summed E-state index contributed by atoms with van der Waals surface area (Å²) in [5, 5.41) is 13.2. The van der Waals surface area contributed by atoms with Crippen LogP contribution in [0.5, 0.6) is 0 Å². The molecule has 0 spiro atoms. The Labute approximate surface area is 109 Å². The Balaban J connectivity index is 2.22. The molecule has 2 aromatic rings. The number of hydrogen-bond donors (Lipinski definition) is 2. The fraction of sp³-hybridized carbons (Fsp3) is 0.333. The summed E-state index contributed by atoms with van der Waals surface area (Å²) in [6.07, 6.45) is 2.39. The molecule has 7 nitrogen and oxygen atoms in total. The molecule has 0 radical (unpaired) electrons. The largest absolute Gasteiger partial charge is 0.305 e. The number of amides is 1. The molecular weight excluding hydrogens is 246 g/mol. The lowest BCUT2D eigenvalue weighted by atomic mass is 10.3. The first-order valence-corrected chi connectivity index (χ1v) is 6.01. The first kappa shape index (κ1) is 13.0. The van der Waals surface area contributed by atoms with Gasteiger partial charge in [-0.2, -0.15) is 10.2 Å². The van der Waals surface area contributed by atoms with Gasteiger partial charge in [0.25, 0.3) is 11.5 Å². The first-order valence-electron chi connectivity index (χ1n) is 6.01. The first-order chi connectivity index (χ1) is 9.11. The van der Waals surface area contributed by atoms with E-state index in [4.69, 9.17) is 0 Å². The van der Waals surface area contributed by atoms with Gasteiger partial charge in [-0.1, -0.05) is 6.92 Å². The molecule has 0 fully saturated rings. The predicted octanol–water partition coefficient (Wildman–Crippen LogP) is 0.937. The highest BCUT2D eigenvalue weighted by atomic mass is 16.2. The van der Waals surface area contributed by atoms with Gasteiger partial charge in [0, 0.05) is 18.2 Å². The van der Waals surface area contributed by atoms with Gasteiger partial charge in [-0.25, -0.2) is 4.68 Å². The molecule has 0 saturated heterocycles. The van der Waals surface area contributed by atoms with Crippen molar-refractivity contribution in [3.05, 3.63) is 39.9 Å². The minimum Gasteiger partial charge on any atom is -0.305 e. The molecule has 2 N–H and O–H groups in total. The highest BCUT2D eigenvalue weighted by Gasteiger charge is 2.11. The van der Waals surface area contributed by atoms with Gasteiger partial charge in [-0.3, -0.25) is 14.7 Å². The second kappa shape index (κ2) is 5.47. The topological polar surface area (TPSA) is 92.7 Å². The summed E-state index contributed by atoms with van der Waals surface area (Å²) >= 11 is 0. The van der Waals surface area contributed by atoms with Gasteiger partial charge < -0.3 is 5.32 Å². The number of aryl methyl sites for hydroxylation is 2. The van der Waals surface area contributed by atoms with E-state index >= 15 is 0 Å². The number of nitrogens with one attached hydrogen (secondary N) is 2. The van der Waals surface area contributed by atoms with Gasteiger partial charge >= 0.3 is 0 Å². The number of hydrogen-bond acceptors (Lipinski definition) is 4. The van der Waals surface area contributed by atoms with Crippen LogP contribution in [0.3, 0.4) is 0 Å². The van der Waals surface area contributed by atoms with Gasteiger partial charge in [0.05, 0.1) is 6.20 Å². The van der Waals surface area contributed by atoms with Gasteiger partial charge in [-0.15, -0.1) is 0 Å². The van der Waals surface area contributed by atoms with Gasteiger partial charge in [0.1, 0.15) is 11.5 Å². The molecular formula is C12H15N5O2. The quantitative estimate of drug-likeness (QED) is 0.856. The second-order valence-corrected chi connectivity index (χ2v) is 4.16. The fourth-order valence-electron chi connectivity index (χ4n) is 1.59. The zero-order chi connectivity index (χ0) is 13.8. The number of nitrogens with zero attached hydrogens (tertiary/aromatic N) is 3. The lowest BCUT2D eigenvalue weighted by molar-refractivity contribution is 0.101. The van der Waals surface area contributed by atoms with E-state index in [0.717, 1.165) is 12.0 Å². The normalized spacial score (nSPS) is 10.4. The van der Waals surface area contributed by atoms with E-state index < -0.39 is 0 Å². The van der Waals surface area contributed by atoms with Crippen LogP contribution in [0.2, 0.25) is 0 Å². The van der Waals surface area contributed by atoms with E-state index in [-0.39, 0.29) is 17.2 Å².